The molecule has 0 atom stereocenters. The van der Waals surface area contributed by atoms with Crippen LogP contribution >= 0.6 is 23.2 Å². The molecule has 260 valence electrons. The number of anilines is 3. The average Bonchev–Trinajstić information content (AvgIpc) is 3.64. The van der Waals surface area contributed by atoms with Gasteiger partial charge in [-0.3, -0.25) is 9.59 Å². The van der Waals surface area contributed by atoms with Crippen LogP contribution in [0, 0.1) is 11.3 Å². The van der Waals surface area contributed by atoms with Gasteiger partial charge in [-0.2, -0.15) is 18.3 Å². The molecule has 0 bridgehead atoms. The van der Waals surface area contributed by atoms with E-state index < -0.39 is 23.4 Å². The molecule has 2 amide bonds. The summed E-state index contributed by atoms with van der Waals surface area (Å²) in [5.41, 5.74) is 3.00. The zero-order valence-corrected chi connectivity index (χ0v) is 29.0. The summed E-state index contributed by atoms with van der Waals surface area (Å²) in [6.07, 6.45) is -2.73. The van der Waals surface area contributed by atoms with Crippen molar-refractivity contribution in [2.75, 3.05) is 16.8 Å². The summed E-state index contributed by atoms with van der Waals surface area (Å²) in [6, 6.07) is 6.94. The number of carbonyl (C=O) groups is 2. The van der Waals surface area contributed by atoms with Gasteiger partial charge in [-0.05, 0) is 49.4 Å². The van der Waals surface area contributed by atoms with Crippen molar-refractivity contribution < 1.29 is 22.8 Å². The van der Waals surface area contributed by atoms with Crippen molar-refractivity contribution in [1.29, 1.82) is 0 Å². The van der Waals surface area contributed by atoms with Crippen molar-refractivity contribution in [2.24, 2.45) is 23.4 Å². The molecule has 2 aromatic heterocycles. The minimum absolute atomic E-state index is 0.0894. The second-order valence-electron chi connectivity index (χ2n) is 13.4. The highest BCUT2D eigenvalue weighted by molar-refractivity contribution is 6.39. The second-order valence-corrected chi connectivity index (χ2v) is 14.2. The van der Waals surface area contributed by atoms with E-state index in [0.717, 1.165) is 5.82 Å². The van der Waals surface area contributed by atoms with Crippen LogP contribution in [-0.4, -0.2) is 54.6 Å². The summed E-state index contributed by atoms with van der Waals surface area (Å²) in [4.78, 5) is 41.7. The third-order valence-corrected chi connectivity index (χ3v) is 9.74. The van der Waals surface area contributed by atoms with E-state index in [-0.39, 0.29) is 43.7 Å². The Hall–Kier alpha value is -4.17. The Balaban J connectivity index is 1.34. The number of nitrogens with zero attached hydrogens (tertiary/aromatic N) is 7. The van der Waals surface area contributed by atoms with Crippen molar-refractivity contribution in [3.8, 4) is 0 Å². The molecule has 2 aliphatic rings. The first kappa shape index (κ1) is 34.7. The van der Waals surface area contributed by atoms with E-state index in [0.29, 0.717) is 69.3 Å². The highest BCUT2D eigenvalue weighted by Crippen LogP contribution is 2.39. The summed E-state index contributed by atoms with van der Waals surface area (Å²) in [6.45, 7) is 7.14. The Morgan fingerprint density at radius 3 is 2.51 bits per heavy atom. The quantitative estimate of drug-likeness (QED) is 0.216. The average molecular weight is 719 g/mol. The molecule has 2 N–H and O–H groups in total. The molecule has 1 saturated carbocycles. The number of aliphatic imine (C=N–C) groups is 1. The van der Waals surface area contributed by atoms with Crippen LogP contribution in [0.25, 0.3) is 11.0 Å². The van der Waals surface area contributed by atoms with Gasteiger partial charge in [0.25, 0.3) is 5.91 Å². The minimum Gasteiger partial charge on any atom is -0.361 e. The van der Waals surface area contributed by atoms with Gasteiger partial charge in [-0.15, -0.1) is 0 Å². The topological polar surface area (TPSA) is 122 Å². The number of halogens is 5. The first-order chi connectivity index (χ1) is 23.1. The molecule has 49 heavy (non-hydrogen) atoms. The van der Waals surface area contributed by atoms with Crippen molar-refractivity contribution in [1.82, 2.24) is 29.6 Å². The molecule has 16 heteroatoms. The fourth-order valence-electron chi connectivity index (χ4n) is 6.03. The number of nitrogens with one attached hydrogen (secondary N) is 2. The number of fused-ring (bicyclic) bond motifs is 2. The van der Waals surface area contributed by atoms with Crippen LogP contribution in [0.5, 0.6) is 0 Å². The van der Waals surface area contributed by atoms with Crippen molar-refractivity contribution >= 4 is 69.1 Å². The van der Waals surface area contributed by atoms with Crippen molar-refractivity contribution in [2.45, 2.75) is 72.3 Å². The third-order valence-electron chi connectivity index (χ3n) is 8.99. The van der Waals surface area contributed by atoms with Crippen LogP contribution in [0.1, 0.15) is 68.2 Å². The fraction of sp³-hybridized carbons (Fsp3) is 0.455. The number of carbonyl (C=O) groups excluding carboxylic acids is 2. The monoisotopic (exact) mass is 717 g/mol. The Morgan fingerprint density at radius 2 is 1.82 bits per heavy atom. The molecule has 3 heterocycles. The van der Waals surface area contributed by atoms with Crippen LogP contribution in [-0.2, 0) is 31.5 Å². The standard InChI is InChI=1S/C33H36Cl2F3N9O2/c1-32(2,3)30(49)39-15-18-5-10-22(34)28(27(18)35)44-31-43-23-13-21(29(48)42-20-8-6-19(7-9-20)33(36,37)38)24(14-25(23)45(31)4)46-11-12-47-26(16-46)40-17-41-47/h5,10,13-14,17,19H,6-9,11-12,15-16H2,1-4H3,(H,39,49)(H,43,44). The van der Waals surface area contributed by atoms with E-state index in [9.17, 15) is 22.8 Å². The number of aryl methyl sites for hydroxylation is 1. The first-order valence-corrected chi connectivity index (χ1v) is 16.7. The lowest BCUT2D eigenvalue weighted by Crippen LogP contribution is -2.35. The van der Waals surface area contributed by atoms with Crippen LogP contribution in [0.3, 0.4) is 0 Å². The molecule has 0 spiro atoms. The number of alkyl halides is 3. The number of imidazole rings is 1. The molecule has 0 radical (unpaired) electrons. The van der Waals surface area contributed by atoms with Crippen LogP contribution in [0.4, 0.5) is 30.5 Å². The highest BCUT2D eigenvalue weighted by Gasteiger charge is 2.41. The van der Waals surface area contributed by atoms with E-state index in [1.54, 1.807) is 22.9 Å². The van der Waals surface area contributed by atoms with Gasteiger partial charge in [0.2, 0.25) is 11.9 Å². The highest BCUT2D eigenvalue weighted by atomic mass is 35.5. The summed E-state index contributed by atoms with van der Waals surface area (Å²) in [5, 5.41) is 11.0. The van der Waals surface area contributed by atoms with Gasteiger partial charge in [0, 0.05) is 31.3 Å². The normalized spacial score (nSPS) is 16.9. The van der Waals surface area contributed by atoms with Crippen molar-refractivity contribution in [3.05, 3.63) is 57.6 Å². The predicted octanol–water partition coefficient (Wildman–Crippen LogP) is 7.23. The van der Waals surface area contributed by atoms with E-state index in [4.69, 9.17) is 28.2 Å². The van der Waals surface area contributed by atoms with Crippen LogP contribution in [0.15, 0.2) is 35.6 Å². The number of hydrogen-bond acceptors (Lipinski definition) is 7. The smallest absolute Gasteiger partial charge is 0.361 e. The van der Waals surface area contributed by atoms with E-state index in [1.165, 1.54) is 6.33 Å². The Bertz CT molecular complexity index is 1950. The second kappa shape index (κ2) is 13.3. The molecular formula is C33H36Cl2F3N9O2. The Morgan fingerprint density at radius 1 is 1.08 bits per heavy atom. The first-order valence-electron chi connectivity index (χ1n) is 15.9. The largest absolute Gasteiger partial charge is 0.391 e. The molecular weight excluding hydrogens is 682 g/mol. The molecule has 1 fully saturated rings. The van der Waals surface area contributed by atoms with Gasteiger partial charge in [0.15, 0.2) is 0 Å². The summed E-state index contributed by atoms with van der Waals surface area (Å²) in [7, 11) is 1.81. The number of hydrogen-bond donors (Lipinski definition) is 2. The van der Waals surface area contributed by atoms with E-state index in [1.807, 2.05) is 43.4 Å². The van der Waals surface area contributed by atoms with Gasteiger partial charge in [-0.1, -0.05) is 50.0 Å². The van der Waals surface area contributed by atoms with Gasteiger partial charge >= 0.3 is 6.18 Å². The number of amides is 2. The minimum atomic E-state index is -4.26. The van der Waals surface area contributed by atoms with Crippen molar-refractivity contribution in [3.63, 3.8) is 0 Å². The molecule has 2 aromatic carbocycles. The number of benzene rings is 2. The van der Waals surface area contributed by atoms with Crippen LogP contribution < -0.4 is 15.5 Å². The molecule has 1 aliphatic carbocycles. The lowest BCUT2D eigenvalue weighted by molar-refractivity contribution is -0.178. The SMILES string of the molecule is Cn1c(Nc2c(Cl)ccc(CNC(=O)C(C)(C)C)c2Cl)nc2cc(C(=O)N=C3CCC(C(F)(F)F)CC3)c(N3CCn4ncnc4C3)cc21. The van der Waals surface area contributed by atoms with E-state index >= 15 is 0 Å². The molecule has 6 rings (SSSR count). The van der Waals surface area contributed by atoms with Gasteiger partial charge < -0.3 is 20.1 Å². The Kier molecular flexibility index (Phi) is 9.40. The predicted molar refractivity (Wildman–Crippen MR) is 183 cm³/mol. The number of aromatic nitrogens is 5. The van der Waals surface area contributed by atoms with Gasteiger partial charge in [0.1, 0.15) is 12.2 Å². The van der Waals surface area contributed by atoms with Crippen LogP contribution in [0.2, 0.25) is 10.0 Å². The maximum absolute atomic E-state index is 13.8. The lowest BCUT2D eigenvalue weighted by atomic mass is 9.87. The van der Waals surface area contributed by atoms with Gasteiger partial charge in [-0.25, -0.2) is 19.6 Å². The zero-order valence-electron chi connectivity index (χ0n) is 27.5. The zero-order chi connectivity index (χ0) is 35.2. The fourth-order valence-corrected chi connectivity index (χ4v) is 6.57. The van der Waals surface area contributed by atoms with E-state index in [2.05, 4.69) is 25.7 Å². The summed E-state index contributed by atoms with van der Waals surface area (Å²) in [5.74, 6) is -0.932. The van der Waals surface area contributed by atoms with Gasteiger partial charge in [0.05, 0.1) is 57.0 Å². The molecule has 11 nitrogen and oxygen atoms in total. The molecule has 1 aliphatic heterocycles. The lowest BCUT2D eigenvalue weighted by Gasteiger charge is -2.30. The number of rotatable bonds is 6. The third kappa shape index (κ3) is 7.25. The summed E-state index contributed by atoms with van der Waals surface area (Å²) < 4.78 is 43.4. The summed E-state index contributed by atoms with van der Waals surface area (Å²) >= 11 is 13.4. The maximum Gasteiger partial charge on any atom is 0.391 e. The molecule has 0 saturated heterocycles. The molecule has 4 aromatic rings. The Labute approximate surface area is 290 Å². The molecule has 0 unspecified atom stereocenters. The maximum atomic E-state index is 13.8.